The second-order valence-corrected chi connectivity index (χ2v) is 5.11. The van der Waals surface area contributed by atoms with E-state index in [1.165, 1.54) is 7.11 Å². The molecule has 0 aromatic heterocycles. The van der Waals surface area contributed by atoms with Crippen molar-refractivity contribution in [2.75, 3.05) is 19.4 Å². The topological polar surface area (TPSA) is 26.3 Å². The van der Waals surface area contributed by atoms with Crippen LogP contribution >= 0.6 is 7.37 Å². The second kappa shape index (κ2) is 4.08. The van der Waals surface area contributed by atoms with Gasteiger partial charge in [0.1, 0.15) is 0 Å². The smallest absolute Gasteiger partial charge is 0.202 e. The van der Waals surface area contributed by atoms with Crippen molar-refractivity contribution in [3.8, 4) is 0 Å². The number of rotatable bonds is 4. The lowest BCUT2D eigenvalue weighted by molar-refractivity contribution is 0.394. The predicted molar refractivity (Wildman–Crippen MR) is 40.3 cm³/mol. The monoisotopic (exact) mass is 150 g/mol. The third kappa shape index (κ3) is 3.02. The van der Waals surface area contributed by atoms with E-state index in [0.717, 1.165) is 12.6 Å². The van der Waals surface area contributed by atoms with Gasteiger partial charge in [0.2, 0.25) is 7.37 Å². The van der Waals surface area contributed by atoms with Crippen molar-refractivity contribution in [3.05, 3.63) is 0 Å². The Morgan fingerprint density at radius 1 is 1.44 bits per heavy atom. The Hall–Kier alpha value is 0.190. The highest BCUT2D eigenvalue weighted by atomic mass is 31.2. The molecule has 0 rings (SSSR count). The van der Waals surface area contributed by atoms with Crippen LogP contribution in [0.1, 0.15) is 20.3 Å². The molecule has 56 valence electrons. The highest BCUT2D eigenvalue weighted by Crippen LogP contribution is 2.45. The zero-order valence-electron chi connectivity index (χ0n) is 6.39. The van der Waals surface area contributed by atoms with Gasteiger partial charge in [-0.05, 0) is 6.42 Å². The maximum Gasteiger partial charge on any atom is 0.202 e. The van der Waals surface area contributed by atoms with Crippen LogP contribution in [0.3, 0.4) is 0 Å². The quantitative estimate of drug-likeness (QED) is 0.575. The Kier molecular flexibility index (Phi) is 4.16. The van der Waals surface area contributed by atoms with Crippen molar-refractivity contribution < 1.29 is 9.09 Å². The molecule has 1 unspecified atom stereocenters. The van der Waals surface area contributed by atoms with E-state index in [4.69, 9.17) is 4.52 Å². The molecule has 0 aromatic carbocycles. The first kappa shape index (κ1) is 9.19. The Bertz CT molecular complexity index is 104. The summed E-state index contributed by atoms with van der Waals surface area (Å²) >= 11 is 0. The summed E-state index contributed by atoms with van der Waals surface area (Å²) in [5, 5.41) is 0. The number of hydrogen-bond acceptors (Lipinski definition) is 2. The highest BCUT2D eigenvalue weighted by Gasteiger charge is 2.15. The van der Waals surface area contributed by atoms with E-state index in [-0.39, 0.29) is 0 Å². The van der Waals surface area contributed by atoms with Gasteiger partial charge >= 0.3 is 0 Å². The molecule has 9 heavy (non-hydrogen) atoms. The van der Waals surface area contributed by atoms with Crippen molar-refractivity contribution in [2.24, 2.45) is 0 Å². The molecule has 1 atom stereocenters. The summed E-state index contributed by atoms with van der Waals surface area (Å²) in [5.41, 5.74) is 0. The third-order valence-corrected chi connectivity index (χ3v) is 4.14. The predicted octanol–water partition coefficient (Wildman–Crippen LogP) is 2.34. The van der Waals surface area contributed by atoms with Gasteiger partial charge in [-0.3, -0.25) is 4.57 Å². The Morgan fingerprint density at radius 3 is 2.11 bits per heavy atom. The lowest BCUT2D eigenvalue weighted by Crippen LogP contribution is -1.92. The molecule has 0 radical (unpaired) electrons. The fraction of sp³-hybridized carbons (Fsp3) is 1.00. The normalized spacial score (nSPS) is 17.2. The number of hydrogen-bond donors (Lipinski definition) is 0. The summed E-state index contributed by atoms with van der Waals surface area (Å²) in [6, 6.07) is 0. The van der Waals surface area contributed by atoms with Crippen LogP contribution in [-0.4, -0.2) is 19.4 Å². The van der Waals surface area contributed by atoms with Crippen molar-refractivity contribution in [1.29, 1.82) is 0 Å². The summed E-state index contributed by atoms with van der Waals surface area (Å²) in [6.07, 6.45) is 2.33. The van der Waals surface area contributed by atoms with Crippen molar-refractivity contribution >= 4 is 7.37 Å². The molecule has 0 saturated carbocycles. The molecule has 0 aromatic rings. The summed E-state index contributed by atoms with van der Waals surface area (Å²) in [7, 11) is -0.653. The third-order valence-electron chi connectivity index (χ3n) is 1.38. The van der Waals surface area contributed by atoms with Crippen LogP contribution in [-0.2, 0) is 9.09 Å². The van der Waals surface area contributed by atoms with Crippen molar-refractivity contribution in [1.82, 2.24) is 0 Å². The Labute approximate surface area is 57.1 Å². The molecule has 0 amide bonds. The zero-order chi connectivity index (χ0) is 7.33. The Morgan fingerprint density at radius 2 is 2.00 bits per heavy atom. The van der Waals surface area contributed by atoms with Crippen molar-refractivity contribution in [3.63, 3.8) is 0 Å². The fourth-order valence-corrected chi connectivity index (χ4v) is 2.16. The van der Waals surface area contributed by atoms with Gasteiger partial charge < -0.3 is 4.52 Å². The summed E-state index contributed by atoms with van der Waals surface area (Å²) in [4.78, 5) is 0. The lowest BCUT2D eigenvalue weighted by atomic mass is 10.6. The minimum atomic E-state index is -2.18. The van der Waals surface area contributed by atoms with E-state index in [9.17, 15) is 4.57 Å². The molecule has 3 heteroatoms. The summed E-state index contributed by atoms with van der Waals surface area (Å²) < 4.78 is 16.2. The SMILES string of the molecule is CCCP(=O)(CC)OC. The molecule has 0 N–H and O–H groups in total. The van der Waals surface area contributed by atoms with E-state index in [2.05, 4.69) is 0 Å². The van der Waals surface area contributed by atoms with Gasteiger partial charge in [-0.15, -0.1) is 0 Å². The first-order valence-electron chi connectivity index (χ1n) is 3.32. The molecule has 0 aliphatic rings. The first-order valence-corrected chi connectivity index (χ1v) is 5.32. The van der Waals surface area contributed by atoms with Crippen LogP contribution in [0.2, 0.25) is 0 Å². The minimum Gasteiger partial charge on any atom is -0.332 e. The first-order chi connectivity index (χ1) is 4.18. The lowest BCUT2D eigenvalue weighted by Gasteiger charge is -2.11. The van der Waals surface area contributed by atoms with E-state index in [0.29, 0.717) is 6.16 Å². The fourth-order valence-electron chi connectivity index (χ4n) is 0.719. The maximum atomic E-state index is 11.3. The zero-order valence-corrected chi connectivity index (χ0v) is 7.28. The van der Waals surface area contributed by atoms with E-state index < -0.39 is 7.37 Å². The van der Waals surface area contributed by atoms with Gasteiger partial charge in [-0.1, -0.05) is 13.8 Å². The standard InChI is InChI=1S/C6H15O2P/c1-4-6-9(7,5-2)8-3/h4-6H2,1-3H3. The van der Waals surface area contributed by atoms with Crippen LogP contribution in [0.5, 0.6) is 0 Å². The van der Waals surface area contributed by atoms with E-state index in [1.807, 2.05) is 13.8 Å². The minimum absolute atomic E-state index is 0.664. The molecule has 0 bridgehead atoms. The molecular formula is C6H15O2P. The highest BCUT2D eigenvalue weighted by molar-refractivity contribution is 7.58. The second-order valence-electron chi connectivity index (χ2n) is 2.04. The van der Waals surface area contributed by atoms with Crippen LogP contribution in [0.25, 0.3) is 0 Å². The summed E-state index contributed by atoms with van der Waals surface area (Å²) in [6.45, 7) is 3.92. The summed E-state index contributed by atoms with van der Waals surface area (Å²) in [5.74, 6) is 0. The molecule has 0 spiro atoms. The van der Waals surface area contributed by atoms with Crippen LogP contribution in [0.15, 0.2) is 0 Å². The maximum absolute atomic E-state index is 11.3. The molecular weight excluding hydrogens is 135 g/mol. The molecule has 0 aliphatic heterocycles. The van der Waals surface area contributed by atoms with E-state index >= 15 is 0 Å². The molecule has 0 saturated heterocycles. The van der Waals surface area contributed by atoms with Crippen molar-refractivity contribution in [2.45, 2.75) is 20.3 Å². The van der Waals surface area contributed by atoms with Gasteiger partial charge in [0.25, 0.3) is 0 Å². The Balaban J connectivity index is 3.78. The van der Waals surface area contributed by atoms with Gasteiger partial charge in [0, 0.05) is 19.4 Å². The van der Waals surface area contributed by atoms with Crippen LogP contribution in [0, 0.1) is 0 Å². The average Bonchev–Trinajstić information content (AvgIpc) is 1.89. The van der Waals surface area contributed by atoms with Crippen LogP contribution in [0.4, 0.5) is 0 Å². The van der Waals surface area contributed by atoms with Gasteiger partial charge in [0.05, 0.1) is 0 Å². The largest absolute Gasteiger partial charge is 0.332 e. The molecule has 0 fully saturated rings. The van der Waals surface area contributed by atoms with Gasteiger partial charge in [-0.2, -0.15) is 0 Å². The van der Waals surface area contributed by atoms with Crippen LogP contribution < -0.4 is 0 Å². The van der Waals surface area contributed by atoms with Gasteiger partial charge in [-0.25, -0.2) is 0 Å². The molecule has 0 aliphatic carbocycles. The molecule has 0 heterocycles. The van der Waals surface area contributed by atoms with Gasteiger partial charge in [0.15, 0.2) is 0 Å². The average molecular weight is 150 g/mol. The molecule has 2 nitrogen and oxygen atoms in total. The van der Waals surface area contributed by atoms with E-state index in [1.54, 1.807) is 0 Å².